The lowest BCUT2D eigenvalue weighted by atomic mass is 10.0. The summed E-state index contributed by atoms with van der Waals surface area (Å²) in [6.45, 7) is 4.84. The molecule has 0 spiro atoms. The highest BCUT2D eigenvalue weighted by atomic mass is 16.5. The maximum Gasteiger partial charge on any atom is 0.258 e. The van der Waals surface area contributed by atoms with E-state index in [0.29, 0.717) is 18.0 Å². The Kier molecular flexibility index (Phi) is 5.21. The molecule has 0 saturated heterocycles. The van der Waals surface area contributed by atoms with Gasteiger partial charge in [0, 0.05) is 18.4 Å². The van der Waals surface area contributed by atoms with Gasteiger partial charge in [0.2, 0.25) is 0 Å². The highest BCUT2D eigenvalue weighted by molar-refractivity contribution is 5.98. The van der Waals surface area contributed by atoms with E-state index in [1.54, 1.807) is 13.3 Å². The lowest BCUT2D eigenvalue weighted by Crippen LogP contribution is -2.32. The van der Waals surface area contributed by atoms with E-state index in [2.05, 4.69) is 48.4 Å². The Labute approximate surface area is 171 Å². The number of anilines is 1. The van der Waals surface area contributed by atoms with Gasteiger partial charge in [0.05, 0.1) is 18.4 Å². The Morgan fingerprint density at radius 1 is 1.07 bits per heavy atom. The minimum atomic E-state index is -0.314. The monoisotopic (exact) mass is 387 g/mol. The molecular formula is C24H25N3O2. The second-order valence-corrected chi connectivity index (χ2v) is 7.54. The van der Waals surface area contributed by atoms with Crippen molar-refractivity contribution in [3.05, 3.63) is 89.2 Å². The van der Waals surface area contributed by atoms with Crippen molar-refractivity contribution in [3.8, 4) is 5.75 Å². The summed E-state index contributed by atoms with van der Waals surface area (Å²) in [5.41, 5.74) is 4.70. The molecule has 5 heteroatoms. The van der Waals surface area contributed by atoms with Gasteiger partial charge in [0.15, 0.2) is 0 Å². The summed E-state index contributed by atoms with van der Waals surface area (Å²) < 4.78 is 5.23. The van der Waals surface area contributed by atoms with E-state index in [9.17, 15) is 4.79 Å². The molecule has 0 bridgehead atoms. The number of pyridine rings is 1. The maximum atomic E-state index is 13.1. The molecule has 1 aliphatic heterocycles. The van der Waals surface area contributed by atoms with Gasteiger partial charge >= 0.3 is 0 Å². The second-order valence-electron chi connectivity index (χ2n) is 7.54. The van der Waals surface area contributed by atoms with Gasteiger partial charge in [-0.05, 0) is 53.4 Å². The van der Waals surface area contributed by atoms with Crippen molar-refractivity contribution in [2.45, 2.75) is 32.5 Å². The van der Waals surface area contributed by atoms with Gasteiger partial charge in [-0.1, -0.05) is 38.1 Å². The number of carbonyl (C=O) groups excluding carboxylic acids is 1. The van der Waals surface area contributed by atoms with Gasteiger partial charge in [-0.3, -0.25) is 9.78 Å². The predicted molar refractivity (Wildman–Crippen MR) is 114 cm³/mol. The van der Waals surface area contributed by atoms with Crippen molar-refractivity contribution in [1.29, 1.82) is 0 Å². The molecular weight excluding hydrogens is 362 g/mol. The van der Waals surface area contributed by atoms with Gasteiger partial charge in [-0.15, -0.1) is 0 Å². The predicted octanol–water partition coefficient (Wildman–Crippen LogP) is 4.98. The number of nitrogens with zero attached hydrogens (tertiary/aromatic N) is 2. The summed E-state index contributed by atoms with van der Waals surface area (Å²) in [4.78, 5) is 19.4. The fraction of sp³-hybridized carbons (Fsp3) is 0.250. The van der Waals surface area contributed by atoms with Crippen LogP contribution in [0.25, 0.3) is 0 Å². The minimum Gasteiger partial charge on any atom is -0.497 e. The van der Waals surface area contributed by atoms with Gasteiger partial charge in [-0.25, -0.2) is 0 Å². The summed E-state index contributed by atoms with van der Waals surface area (Å²) in [7, 11) is 1.64. The molecule has 0 fully saturated rings. The second kappa shape index (κ2) is 7.95. The third-order valence-corrected chi connectivity index (χ3v) is 5.29. The van der Waals surface area contributed by atoms with Crippen LogP contribution in [0.2, 0.25) is 0 Å². The van der Waals surface area contributed by atoms with Crippen LogP contribution in [-0.2, 0) is 6.54 Å². The minimum absolute atomic E-state index is 0.0137. The van der Waals surface area contributed by atoms with Crippen molar-refractivity contribution < 1.29 is 9.53 Å². The number of carbonyl (C=O) groups is 1. The third kappa shape index (κ3) is 3.81. The van der Waals surface area contributed by atoms with Crippen molar-refractivity contribution in [3.63, 3.8) is 0 Å². The van der Waals surface area contributed by atoms with E-state index in [0.717, 1.165) is 22.7 Å². The number of hydrogen-bond acceptors (Lipinski definition) is 4. The lowest BCUT2D eigenvalue weighted by Gasteiger charge is -2.27. The van der Waals surface area contributed by atoms with Gasteiger partial charge in [0.25, 0.3) is 5.91 Å². The number of nitrogens with one attached hydrogen (secondary N) is 1. The van der Waals surface area contributed by atoms with Crippen molar-refractivity contribution in [2.24, 2.45) is 0 Å². The highest BCUT2D eigenvalue weighted by Gasteiger charge is 2.37. The zero-order valence-electron chi connectivity index (χ0n) is 16.9. The zero-order valence-corrected chi connectivity index (χ0v) is 16.9. The Morgan fingerprint density at radius 3 is 2.45 bits per heavy atom. The van der Waals surface area contributed by atoms with E-state index in [-0.39, 0.29) is 12.1 Å². The smallest absolute Gasteiger partial charge is 0.258 e. The summed E-state index contributed by atoms with van der Waals surface area (Å²) in [6, 6.07) is 19.8. The molecule has 1 aromatic heterocycles. The molecule has 2 heterocycles. The number of fused-ring (bicyclic) bond motifs is 1. The van der Waals surface area contributed by atoms with Crippen LogP contribution in [0.5, 0.6) is 5.75 Å². The summed E-state index contributed by atoms with van der Waals surface area (Å²) in [5.74, 6) is 1.26. The molecule has 1 amide bonds. The standard InChI is InChI=1S/C24H25N3O2/c1-16(2)18-8-10-19(11-9-18)26-23-22-21(5-4-14-25-22)24(28)27(23)15-17-6-12-20(29-3)13-7-17/h4-14,16,23,26H,15H2,1-3H3. The van der Waals surface area contributed by atoms with Crippen LogP contribution in [0.3, 0.4) is 0 Å². The molecule has 0 aliphatic carbocycles. The number of ether oxygens (including phenoxy) is 1. The number of aromatic nitrogens is 1. The molecule has 3 aromatic rings. The van der Waals surface area contributed by atoms with E-state index in [1.165, 1.54) is 5.56 Å². The fourth-order valence-corrected chi connectivity index (χ4v) is 3.59. The first-order chi connectivity index (χ1) is 14.1. The third-order valence-electron chi connectivity index (χ3n) is 5.29. The normalized spacial score (nSPS) is 15.5. The molecule has 4 rings (SSSR count). The van der Waals surface area contributed by atoms with E-state index in [4.69, 9.17) is 4.74 Å². The van der Waals surface area contributed by atoms with Crippen LogP contribution in [0.4, 0.5) is 5.69 Å². The summed E-state index contributed by atoms with van der Waals surface area (Å²) in [5, 5.41) is 3.50. The maximum absolute atomic E-state index is 13.1. The highest BCUT2D eigenvalue weighted by Crippen LogP contribution is 2.34. The number of hydrogen-bond donors (Lipinski definition) is 1. The van der Waals surface area contributed by atoms with Crippen molar-refractivity contribution in [1.82, 2.24) is 9.88 Å². The number of rotatable bonds is 6. The first-order valence-electron chi connectivity index (χ1n) is 9.82. The van der Waals surface area contributed by atoms with Crippen LogP contribution in [0.15, 0.2) is 66.9 Å². The van der Waals surface area contributed by atoms with E-state index in [1.807, 2.05) is 41.3 Å². The Balaban J connectivity index is 1.62. The molecule has 1 N–H and O–H groups in total. The average Bonchev–Trinajstić information content (AvgIpc) is 3.01. The summed E-state index contributed by atoms with van der Waals surface area (Å²) >= 11 is 0. The van der Waals surface area contributed by atoms with Crippen LogP contribution in [0, 0.1) is 0 Å². The molecule has 1 aliphatic rings. The van der Waals surface area contributed by atoms with Gasteiger partial charge < -0.3 is 15.0 Å². The molecule has 1 atom stereocenters. The van der Waals surface area contributed by atoms with Crippen LogP contribution < -0.4 is 10.1 Å². The first-order valence-corrected chi connectivity index (χ1v) is 9.82. The van der Waals surface area contributed by atoms with Crippen molar-refractivity contribution in [2.75, 3.05) is 12.4 Å². The van der Waals surface area contributed by atoms with Crippen LogP contribution in [-0.4, -0.2) is 22.9 Å². The SMILES string of the molecule is COc1ccc(CN2C(=O)c3cccnc3C2Nc2ccc(C(C)C)cc2)cc1. The van der Waals surface area contributed by atoms with Gasteiger partial charge in [0.1, 0.15) is 11.9 Å². The Hall–Kier alpha value is -3.34. The average molecular weight is 387 g/mol. The Bertz CT molecular complexity index is 997. The molecule has 29 heavy (non-hydrogen) atoms. The molecule has 1 unspecified atom stereocenters. The van der Waals surface area contributed by atoms with Crippen LogP contribution in [0.1, 0.15) is 53.1 Å². The molecule has 148 valence electrons. The molecule has 0 radical (unpaired) electrons. The molecule has 0 saturated carbocycles. The number of benzene rings is 2. The van der Waals surface area contributed by atoms with Crippen molar-refractivity contribution >= 4 is 11.6 Å². The number of methoxy groups -OCH3 is 1. The fourth-order valence-electron chi connectivity index (χ4n) is 3.59. The van der Waals surface area contributed by atoms with Crippen LogP contribution >= 0.6 is 0 Å². The largest absolute Gasteiger partial charge is 0.497 e. The van der Waals surface area contributed by atoms with E-state index >= 15 is 0 Å². The topological polar surface area (TPSA) is 54.5 Å². The quantitative estimate of drug-likeness (QED) is 0.648. The number of amides is 1. The van der Waals surface area contributed by atoms with E-state index < -0.39 is 0 Å². The zero-order chi connectivity index (χ0) is 20.4. The Morgan fingerprint density at radius 2 is 1.79 bits per heavy atom. The van der Waals surface area contributed by atoms with Gasteiger partial charge in [-0.2, -0.15) is 0 Å². The first kappa shape index (κ1) is 19.0. The summed E-state index contributed by atoms with van der Waals surface area (Å²) in [6.07, 6.45) is 1.42. The lowest BCUT2D eigenvalue weighted by molar-refractivity contribution is 0.0728. The molecule has 2 aromatic carbocycles. The molecule has 5 nitrogen and oxygen atoms in total.